The number of pyridine rings is 1. The molecule has 33 heavy (non-hydrogen) atoms. The van der Waals surface area contributed by atoms with Gasteiger partial charge in [-0.15, -0.1) is 0 Å². The maximum atomic E-state index is 14.7. The first kappa shape index (κ1) is 23.5. The molecule has 8 nitrogen and oxygen atoms in total. The molecule has 2 amide bonds. The van der Waals surface area contributed by atoms with Gasteiger partial charge in [0, 0.05) is 18.8 Å². The van der Waals surface area contributed by atoms with E-state index in [1.165, 1.54) is 42.1 Å². The number of urea groups is 1. The van der Waals surface area contributed by atoms with Crippen LogP contribution in [0.5, 0.6) is 5.75 Å². The number of hydrogen-bond acceptors (Lipinski definition) is 4. The lowest BCUT2D eigenvalue weighted by atomic mass is 9.92. The van der Waals surface area contributed by atoms with Gasteiger partial charge in [-0.1, -0.05) is 24.3 Å². The topological polar surface area (TPSA) is 121 Å². The first-order valence-corrected chi connectivity index (χ1v) is 10.1. The number of hydrogen-bond donors (Lipinski definition) is 4. The molecule has 9 heteroatoms. The zero-order valence-electron chi connectivity index (χ0n) is 18.3. The SMILES string of the molecule is Cc1cccc(C)c1-c1cc(C(CC(=O)O)NC(=O)Nc2c(O)ccn(C)c2=O)ccc1F. The zero-order valence-corrected chi connectivity index (χ0v) is 18.3. The Hall–Kier alpha value is -4.14. The fourth-order valence-electron chi connectivity index (χ4n) is 3.66. The Morgan fingerprint density at radius 3 is 2.42 bits per heavy atom. The van der Waals surface area contributed by atoms with E-state index in [1.54, 1.807) is 0 Å². The van der Waals surface area contributed by atoms with Crippen LogP contribution in [0.4, 0.5) is 14.9 Å². The highest BCUT2D eigenvalue weighted by Crippen LogP contribution is 2.32. The molecule has 0 aliphatic rings. The first-order valence-electron chi connectivity index (χ1n) is 10.1. The van der Waals surface area contributed by atoms with Crippen LogP contribution in [0.15, 0.2) is 53.5 Å². The van der Waals surface area contributed by atoms with Gasteiger partial charge in [0.05, 0.1) is 12.5 Å². The van der Waals surface area contributed by atoms with Gasteiger partial charge in [-0.3, -0.25) is 9.59 Å². The van der Waals surface area contributed by atoms with Crippen molar-refractivity contribution in [1.82, 2.24) is 9.88 Å². The Labute approximate surface area is 189 Å². The third-order valence-electron chi connectivity index (χ3n) is 5.31. The minimum absolute atomic E-state index is 0.287. The van der Waals surface area contributed by atoms with Crippen LogP contribution in [0.2, 0.25) is 0 Å². The van der Waals surface area contributed by atoms with E-state index in [-0.39, 0.29) is 11.3 Å². The summed E-state index contributed by atoms with van der Waals surface area (Å²) in [7, 11) is 1.45. The summed E-state index contributed by atoms with van der Waals surface area (Å²) in [5, 5.41) is 24.0. The quantitative estimate of drug-likeness (QED) is 0.452. The van der Waals surface area contributed by atoms with E-state index in [4.69, 9.17) is 0 Å². The third kappa shape index (κ3) is 5.20. The summed E-state index contributed by atoms with van der Waals surface area (Å²) in [5.74, 6) is -2.09. The number of benzene rings is 2. The van der Waals surface area contributed by atoms with E-state index in [0.717, 1.165) is 11.1 Å². The molecule has 1 unspecified atom stereocenters. The predicted octanol–water partition coefficient (Wildman–Crippen LogP) is 3.85. The lowest BCUT2D eigenvalue weighted by molar-refractivity contribution is -0.137. The first-order chi connectivity index (χ1) is 15.6. The van der Waals surface area contributed by atoms with Crippen molar-refractivity contribution in [2.45, 2.75) is 26.3 Å². The Kier molecular flexibility index (Phi) is 6.81. The van der Waals surface area contributed by atoms with Crippen molar-refractivity contribution in [1.29, 1.82) is 0 Å². The van der Waals surface area contributed by atoms with E-state index < -0.39 is 41.6 Å². The number of aromatic nitrogens is 1. The van der Waals surface area contributed by atoms with Crippen molar-refractivity contribution < 1.29 is 24.2 Å². The monoisotopic (exact) mass is 453 g/mol. The standard InChI is InChI=1S/C24H24FN3O5/c1-13-5-4-6-14(2)21(13)16-11-15(7-8-17(16)25)18(12-20(30)31)26-24(33)27-22-19(29)9-10-28(3)23(22)32/h4-11,18,29H,12H2,1-3H3,(H,30,31)(H2,26,27,33). The molecule has 0 aliphatic heterocycles. The fraction of sp³-hybridized carbons (Fsp3) is 0.208. The second-order valence-corrected chi connectivity index (χ2v) is 7.75. The lowest BCUT2D eigenvalue weighted by Gasteiger charge is -2.20. The van der Waals surface area contributed by atoms with Gasteiger partial charge in [-0.25, -0.2) is 9.18 Å². The highest BCUT2D eigenvalue weighted by atomic mass is 19.1. The largest absolute Gasteiger partial charge is 0.505 e. The zero-order chi connectivity index (χ0) is 24.3. The van der Waals surface area contributed by atoms with Gasteiger partial charge in [-0.2, -0.15) is 0 Å². The highest BCUT2D eigenvalue weighted by Gasteiger charge is 2.22. The molecule has 0 saturated carbocycles. The van der Waals surface area contributed by atoms with E-state index in [1.807, 2.05) is 32.0 Å². The normalized spacial score (nSPS) is 11.6. The van der Waals surface area contributed by atoms with E-state index >= 15 is 0 Å². The Bertz CT molecular complexity index is 1270. The number of nitrogens with one attached hydrogen (secondary N) is 2. The van der Waals surface area contributed by atoms with Crippen LogP contribution in [0, 0.1) is 19.7 Å². The lowest BCUT2D eigenvalue weighted by Crippen LogP contribution is -2.36. The average molecular weight is 453 g/mol. The van der Waals surface area contributed by atoms with Crippen molar-refractivity contribution in [2.75, 3.05) is 5.32 Å². The number of amides is 2. The number of carbonyl (C=O) groups excluding carboxylic acids is 1. The van der Waals surface area contributed by atoms with Gasteiger partial charge >= 0.3 is 12.0 Å². The highest BCUT2D eigenvalue weighted by molar-refractivity contribution is 5.91. The maximum absolute atomic E-state index is 14.7. The molecule has 0 aliphatic carbocycles. The second-order valence-electron chi connectivity index (χ2n) is 7.75. The molecule has 3 rings (SSSR count). The number of aryl methyl sites for hydroxylation is 3. The Morgan fingerprint density at radius 1 is 1.12 bits per heavy atom. The van der Waals surface area contributed by atoms with E-state index in [9.17, 15) is 29.0 Å². The van der Waals surface area contributed by atoms with E-state index in [0.29, 0.717) is 11.1 Å². The molecule has 0 radical (unpaired) electrons. The van der Waals surface area contributed by atoms with Crippen molar-refractivity contribution >= 4 is 17.7 Å². The number of aliphatic carboxylic acids is 1. The molecule has 1 atom stereocenters. The minimum Gasteiger partial charge on any atom is -0.505 e. The molecule has 3 aromatic rings. The summed E-state index contributed by atoms with van der Waals surface area (Å²) >= 11 is 0. The van der Waals surface area contributed by atoms with Crippen LogP contribution in [0.3, 0.4) is 0 Å². The summed E-state index contributed by atoms with van der Waals surface area (Å²) in [5.41, 5.74) is 2.06. The summed E-state index contributed by atoms with van der Waals surface area (Å²) in [6, 6.07) is 9.02. The van der Waals surface area contributed by atoms with Crippen LogP contribution in [-0.4, -0.2) is 26.8 Å². The molecule has 2 aromatic carbocycles. The molecule has 0 fully saturated rings. The number of halogens is 1. The molecular weight excluding hydrogens is 429 g/mol. The van der Waals surface area contributed by atoms with Crippen LogP contribution >= 0.6 is 0 Å². The molecule has 1 heterocycles. The minimum atomic E-state index is -1.18. The van der Waals surface area contributed by atoms with Crippen molar-refractivity contribution in [3.05, 3.63) is 81.5 Å². The van der Waals surface area contributed by atoms with Gasteiger partial charge in [0.1, 0.15) is 11.6 Å². The van der Waals surface area contributed by atoms with Crippen LogP contribution < -0.4 is 16.2 Å². The molecule has 1 aromatic heterocycles. The molecule has 4 N–H and O–H groups in total. The van der Waals surface area contributed by atoms with Crippen LogP contribution in [0.1, 0.15) is 29.2 Å². The number of carboxylic acids is 1. The Morgan fingerprint density at radius 2 is 1.79 bits per heavy atom. The number of carboxylic acid groups (broad SMARTS) is 1. The second kappa shape index (κ2) is 9.56. The molecule has 0 spiro atoms. The van der Waals surface area contributed by atoms with Crippen LogP contribution in [-0.2, 0) is 11.8 Å². The van der Waals surface area contributed by atoms with Gasteiger partial charge in [0.2, 0.25) is 0 Å². The molecule has 0 saturated heterocycles. The van der Waals surface area contributed by atoms with E-state index in [2.05, 4.69) is 10.6 Å². The van der Waals surface area contributed by atoms with Crippen molar-refractivity contribution in [3.8, 4) is 16.9 Å². The van der Waals surface area contributed by atoms with Gasteiger partial charge in [0.15, 0.2) is 5.69 Å². The molecule has 172 valence electrons. The average Bonchev–Trinajstić information content (AvgIpc) is 2.74. The number of nitrogens with zero attached hydrogens (tertiary/aromatic N) is 1. The maximum Gasteiger partial charge on any atom is 0.319 e. The number of rotatable bonds is 6. The fourth-order valence-corrected chi connectivity index (χ4v) is 3.66. The summed E-state index contributed by atoms with van der Waals surface area (Å²) in [4.78, 5) is 36.2. The Balaban J connectivity index is 1.96. The predicted molar refractivity (Wildman–Crippen MR) is 122 cm³/mol. The van der Waals surface area contributed by atoms with Gasteiger partial charge in [0.25, 0.3) is 5.56 Å². The van der Waals surface area contributed by atoms with Crippen molar-refractivity contribution in [3.63, 3.8) is 0 Å². The summed E-state index contributed by atoms with van der Waals surface area (Å²) in [6.45, 7) is 3.70. The van der Waals surface area contributed by atoms with Gasteiger partial charge in [-0.05, 0) is 54.3 Å². The smallest absolute Gasteiger partial charge is 0.319 e. The van der Waals surface area contributed by atoms with Crippen LogP contribution in [0.25, 0.3) is 11.1 Å². The van der Waals surface area contributed by atoms with Crippen molar-refractivity contribution in [2.24, 2.45) is 7.05 Å². The summed E-state index contributed by atoms with van der Waals surface area (Å²) in [6.07, 6.45) is 0.853. The third-order valence-corrected chi connectivity index (χ3v) is 5.31. The molecular formula is C24H24FN3O5. The number of carbonyl (C=O) groups is 2. The number of anilines is 1. The number of aromatic hydroxyl groups is 1. The summed E-state index contributed by atoms with van der Waals surface area (Å²) < 4.78 is 15.9. The molecule has 0 bridgehead atoms. The van der Waals surface area contributed by atoms with Gasteiger partial charge < -0.3 is 25.4 Å².